The van der Waals surface area contributed by atoms with Gasteiger partial charge in [-0.25, -0.2) is 0 Å². The van der Waals surface area contributed by atoms with Crippen molar-refractivity contribution in [1.82, 2.24) is 0 Å². The maximum Gasteiger partial charge on any atom is 0.303 e. The fraction of sp³-hybridized carbons (Fsp3) is 0.222. The number of β-lactam (4-membered cyclic amide) rings is 1. The number of fused-ring (bicyclic) bond motifs is 6. The SMILES string of the molecule is COc1ccc2c(c1)-c1ccccc1N1C(=O)[C@H](OC(C)=O)[C@@H]21. The molecule has 1 fully saturated rings. The van der Waals surface area contributed by atoms with E-state index in [1.165, 1.54) is 6.92 Å². The van der Waals surface area contributed by atoms with Crippen LogP contribution >= 0.6 is 0 Å². The van der Waals surface area contributed by atoms with Crippen LogP contribution in [0.15, 0.2) is 42.5 Å². The van der Waals surface area contributed by atoms with Gasteiger partial charge < -0.3 is 9.47 Å². The summed E-state index contributed by atoms with van der Waals surface area (Å²) in [5.74, 6) is 0.123. The molecule has 2 atom stereocenters. The number of benzene rings is 2. The molecule has 0 radical (unpaired) electrons. The second-order valence-electron chi connectivity index (χ2n) is 5.65. The second-order valence-corrected chi connectivity index (χ2v) is 5.65. The van der Waals surface area contributed by atoms with E-state index in [1.54, 1.807) is 12.0 Å². The Morgan fingerprint density at radius 2 is 1.91 bits per heavy atom. The number of methoxy groups -OCH3 is 1. The van der Waals surface area contributed by atoms with E-state index in [4.69, 9.17) is 9.47 Å². The largest absolute Gasteiger partial charge is 0.497 e. The van der Waals surface area contributed by atoms with Crippen molar-refractivity contribution in [2.75, 3.05) is 12.0 Å². The zero-order valence-corrected chi connectivity index (χ0v) is 12.8. The lowest BCUT2D eigenvalue weighted by atomic mass is 9.80. The van der Waals surface area contributed by atoms with E-state index in [-0.39, 0.29) is 11.9 Å². The van der Waals surface area contributed by atoms with Gasteiger partial charge >= 0.3 is 5.97 Å². The minimum absolute atomic E-state index is 0.181. The first-order valence-electron chi connectivity index (χ1n) is 7.39. The van der Waals surface area contributed by atoms with Gasteiger partial charge in [-0.3, -0.25) is 14.5 Å². The van der Waals surface area contributed by atoms with Crippen molar-refractivity contribution >= 4 is 17.6 Å². The van der Waals surface area contributed by atoms with Crippen molar-refractivity contribution in [3.63, 3.8) is 0 Å². The lowest BCUT2D eigenvalue weighted by Gasteiger charge is -2.49. The summed E-state index contributed by atoms with van der Waals surface area (Å²) in [7, 11) is 1.62. The first-order chi connectivity index (χ1) is 11.1. The maximum absolute atomic E-state index is 12.5. The van der Waals surface area contributed by atoms with Crippen molar-refractivity contribution in [3.05, 3.63) is 48.0 Å². The lowest BCUT2D eigenvalue weighted by Crippen LogP contribution is -2.61. The molecule has 4 rings (SSSR count). The van der Waals surface area contributed by atoms with Crippen LogP contribution in [-0.4, -0.2) is 25.1 Å². The number of esters is 1. The summed E-state index contributed by atoms with van der Waals surface area (Å²) in [5.41, 5.74) is 3.79. The summed E-state index contributed by atoms with van der Waals surface area (Å²) < 4.78 is 10.6. The number of nitrogens with zero attached hydrogens (tertiary/aromatic N) is 1. The molecule has 0 unspecified atom stereocenters. The molecule has 2 aliphatic rings. The summed E-state index contributed by atoms with van der Waals surface area (Å²) in [4.78, 5) is 25.5. The predicted octanol–water partition coefficient (Wildman–Crippen LogP) is 2.70. The van der Waals surface area contributed by atoms with Gasteiger partial charge in [-0.2, -0.15) is 0 Å². The van der Waals surface area contributed by atoms with Crippen LogP contribution in [0.3, 0.4) is 0 Å². The highest BCUT2D eigenvalue weighted by molar-refractivity contribution is 6.11. The molecule has 2 aliphatic heterocycles. The minimum atomic E-state index is -0.756. The summed E-state index contributed by atoms with van der Waals surface area (Å²) >= 11 is 0. The topological polar surface area (TPSA) is 55.8 Å². The Bertz CT molecular complexity index is 830. The molecule has 1 saturated heterocycles. The van der Waals surface area contributed by atoms with Crippen LogP contribution in [0.25, 0.3) is 11.1 Å². The normalized spacial score (nSPS) is 20.8. The van der Waals surface area contributed by atoms with Crippen LogP contribution in [0.4, 0.5) is 5.69 Å². The monoisotopic (exact) mass is 309 g/mol. The number of ether oxygens (including phenoxy) is 2. The maximum atomic E-state index is 12.5. The fourth-order valence-electron chi connectivity index (χ4n) is 3.39. The van der Waals surface area contributed by atoms with Gasteiger partial charge in [-0.1, -0.05) is 24.3 Å². The molecule has 0 saturated carbocycles. The molecule has 1 amide bonds. The molecule has 0 aromatic heterocycles. The number of amides is 1. The molecule has 2 aromatic carbocycles. The zero-order chi connectivity index (χ0) is 16.1. The first kappa shape index (κ1) is 13.8. The molecule has 116 valence electrons. The third kappa shape index (κ3) is 1.86. The number of para-hydroxylation sites is 1. The quantitative estimate of drug-likeness (QED) is 0.632. The lowest BCUT2D eigenvalue weighted by molar-refractivity contribution is -0.160. The third-order valence-electron chi connectivity index (χ3n) is 4.37. The summed E-state index contributed by atoms with van der Waals surface area (Å²) in [6.07, 6.45) is -0.756. The molecular formula is C18H15NO4. The van der Waals surface area contributed by atoms with E-state index in [0.29, 0.717) is 0 Å². The smallest absolute Gasteiger partial charge is 0.303 e. The molecular weight excluding hydrogens is 294 g/mol. The highest BCUT2D eigenvalue weighted by Crippen LogP contribution is 2.52. The second kappa shape index (κ2) is 4.84. The number of rotatable bonds is 2. The Kier molecular flexibility index (Phi) is 2.91. The summed E-state index contributed by atoms with van der Waals surface area (Å²) in [6.45, 7) is 1.32. The van der Waals surface area contributed by atoms with Crippen molar-refractivity contribution in [3.8, 4) is 16.9 Å². The van der Waals surface area contributed by atoms with Crippen LogP contribution in [-0.2, 0) is 14.3 Å². The highest BCUT2D eigenvalue weighted by atomic mass is 16.6. The number of hydrogen-bond acceptors (Lipinski definition) is 4. The van der Waals surface area contributed by atoms with E-state index >= 15 is 0 Å². The average molecular weight is 309 g/mol. The summed E-state index contributed by atoms with van der Waals surface area (Å²) in [5, 5.41) is 0. The molecule has 5 nitrogen and oxygen atoms in total. The van der Waals surface area contributed by atoms with Gasteiger partial charge in [-0.15, -0.1) is 0 Å². The van der Waals surface area contributed by atoms with Gasteiger partial charge in [0, 0.05) is 12.5 Å². The Balaban J connectivity index is 1.89. The molecule has 5 heteroatoms. The van der Waals surface area contributed by atoms with Crippen molar-refractivity contribution in [2.24, 2.45) is 0 Å². The van der Waals surface area contributed by atoms with Crippen LogP contribution in [0.2, 0.25) is 0 Å². The standard InChI is InChI=1S/C18H15NO4/c1-10(20)23-17-16-13-8-7-11(22-2)9-14(13)12-5-3-4-6-15(12)19(16)18(17)21/h3-9,16-17H,1-2H3/t16-,17-/m1/s1. The fourth-order valence-corrected chi connectivity index (χ4v) is 3.39. The molecule has 0 N–H and O–H groups in total. The van der Waals surface area contributed by atoms with Gasteiger partial charge in [0.25, 0.3) is 5.91 Å². The summed E-state index contributed by atoms with van der Waals surface area (Å²) in [6, 6.07) is 13.2. The van der Waals surface area contributed by atoms with E-state index in [2.05, 4.69) is 0 Å². The molecule has 0 spiro atoms. The number of carbonyl (C=O) groups is 2. The van der Waals surface area contributed by atoms with Crippen molar-refractivity contribution in [2.45, 2.75) is 19.1 Å². The van der Waals surface area contributed by atoms with Crippen molar-refractivity contribution in [1.29, 1.82) is 0 Å². The third-order valence-corrected chi connectivity index (χ3v) is 4.37. The van der Waals surface area contributed by atoms with Crippen LogP contribution in [0.5, 0.6) is 5.75 Å². The van der Waals surface area contributed by atoms with Crippen LogP contribution in [0.1, 0.15) is 18.5 Å². The van der Waals surface area contributed by atoms with Gasteiger partial charge in [0.15, 0.2) is 0 Å². The Morgan fingerprint density at radius 1 is 1.13 bits per heavy atom. The Labute approximate surface area is 133 Å². The van der Waals surface area contributed by atoms with Gasteiger partial charge in [-0.05, 0) is 29.3 Å². The van der Waals surface area contributed by atoms with Crippen molar-refractivity contribution < 1.29 is 19.1 Å². The van der Waals surface area contributed by atoms with Gasteiger partial charge in [0.2, 0.25) is 6.10 Å². The highest BCUT2D eigenvalue weighted by Gasteiger charge is 2.54. The zero-order valence-electron chi connectivity index (χ0n) is 12.8. The molecule has 2 heterocycles. The van der Waals surface area contributed by atoms with E-state index in [9.17, 15) is 9.59 Å². The Hall–Kier alpha value is -2.82. The predicted molar refractivity (Wildman–Crippen MR) is 84.2 cm³/mol. The molecule has 23 heavy (non-hydrogen) atoms. The molecule has 2 aromatic rings. The number of hydrogen-bond donors (Lipinski definition) is 0. The number of carbonyl (C=O) groups excluding carboxylic acids is 2. The molecule has 0 bridgehead atoms. The molecule has 0 aliphatic carbocycles. The van der Waals surface area contributed by atoms with E-state index in [0.717, 1.165) is 28.1 Å². The van der Waals surface area contributed by atoms with E-state index < -0.39 is 12.1 Å². The first-order valence-corrected chi connectivity index (χ1v) is 7.39. The number of anilines is 1. The van der Waals surface area contributed by atoms with Crippen LogP contribution < -0.4 is 9.64 Å². The Morgan fingerprint density at radius 3 is 2.65 bits per heavy atom. The van der Waals surface area contributed by atoms with Crippen LogP contribution in [0, 0.1) is 0 Å². The average Bonchev–Trinajstić information content (AvgIpc) is 2.57. The van der Waals surface area contributed by atoms with E-state index in [1.807, 2.05) is 42.5 Å². The van der Waals surface area contributed by atoms with Gasteiger partial charge in [0.05, 0.1) is 12.8 Å². The van der Waals surface area contributed by atoms with Gasteiger partial charge in [0.1, 0.15) is 11.8 Å². The minimum Gasteiger partial charge on any atom is -0.497 e.